The average molecular weight is 332 g/mol. The maximum absolute atomic E-state index is 11.5. The Morgan fingerprint density at radius 2 is 1.42 bits per heavy atom. The number of rotatable bonds is 12. The summed E-state index contributed by atoms with van der Waals surface area (Å²) < 4.78 is 10.1. The van der Waals surface area contributed by atoms with Crippen molar-refractivity contribution in [3.8, 4) is 0 Å². The fourth-order valence-electron chi connectivity index (χ4n) is 2.20. The van der Waals surface area contributed by atoms with E-state index in [1.165, 1.54) is 25.7 Å². The standard InChI is InChI=1S/C20H28O4/c1-2-3-4-5-6-10-16-23-19(21)13-14-20(22)24-17-15-18-11-8-7-9-12-18/h7-9,11-14H,2-6,10,15-17H2,1H3/b14-13+. The SMILES string of the molecule is CCCCCCCCOC(=O)/C=C/C(=O)OCCc1ccccc1. The summed E-state index contributed by atoms with van der Waals surface area (Å²) in [6.07, 6.45) is 9.73. The van der Waals surface area contributed by atoms with Gasteiger partial charge in [0, 0.05) is 18.6 Å². The summed E-state index contributed by atoms with van der Waals surface area (Å²) in [5, 5.41) is 0. The molecule has 0 saturated carbocycles. The number of carbonyl (C=O) groups is 2. The van der Waals surface area contributed by atoms with E-state index in [-0.39, 0.29) is 0 Å². The lowest BCUT2D eigenvalue weighted by atomic mass is 10.1. The molecule has 0 aromatic heterocycles. The van der Waals surface area contributed by atoms with E-state index >= 15 is 0 Å². The average Bonchev–Trinajstić information content (AvgIpc) is 2.60. The lowest BCUT2D eigenvalue weighted by Gasteiger charge is -2.03. The van der Waals surface area contributed by atoms with Crippen molar-refractivity contribution in [2.45, 2.75) is 51.9 Å². The van der Waals surface area contributed by atoms with E-state index in [1.54, 1.807) is 0 Å². The smallest absolute Gasteiger partial charge is 0.331 e. The van der Waals surface area contributed by atoms with Gasteiger partial charge in [0.15, 0.2) is 0 Å². The largest absolute Gasteiger partial charge is 0.463 e. The molecule has 0 aliphatic rings. The van der Waals surface area contributed by atoms with Gasteiger partial charge in [-0.2, -0.15) is 0 Å². The number of ether oxygens (including phenoxy) is 2. The van der Waals surface area contributed by atoms with Crippen LogP contribution in [0.4, 0.5) is 0 Å². The van der Waals surface area contributed by atoms with Crippen LogP contribution in [0.3, 0.4) is 0 Å². The zero-order chi connectivity index (χ0) is 17.5. The lowest BCUT2D eigenvalue weighted by molar-refractivity contribution is -0.140. The second-order valence-corrected chi connectivity index (χ2v) is 5.67. The van der Waals surface area contributed by atoms with Crippen LogP contribution < -0.4 is 0 Å². The van der Waals surface area contributed by atoms with Gasteiger partial charge in [-0.05, 0) is 12.0 Å². The first-order valence-corrected chi connectivity index (χ1v) is 8.78. The predicted octanol–water partition coefficient (Wildman–Crippen LogP) is 4.23. The third-order valence-electron chi connectivity index (χ3n) is 3.58. The molecule has 132 valence electrons. The number of unbranched alkanes of at least 4 members (excludes halogenated alkanes) is 5. The zero-order valence-electron chi connectivity index (χ0n) is 14.5. The molecule has 24 heavy (non-hydrogen) atoms. The summed E-state index contributed by atoms with van der Waals surface area (Å²) in [5.74, 6) is -1.02. The van der Waals surface area contributed by atoms with Crippen LogP contribution >= 0.6 is 0 Å². The molecule has 1 aromatic rings. The van der Waals surface area contributed by atoms with Crippen LogP contribution in [0, 0.1) is 0 Å². The molecule has 0 bridgehead atoms. The summed E-state index contributed by atoms with van der Waals surface area (Å²) in [6.45, 7) is 2.87. The Kier molecular flexibility index (Phi) is 11.1. The highest BCUT2D eigenvalue weighted by molar-refractivity contribution is 5.91. The highest BCUT2D eigenvalue weighted by atomic mass is 16.5. The molecule has 0 unspecified atom stereocenters. The normalized spacial score (nSPS) is 10.7. The molecule has 0 fully saturated rings. The lowest BCUT2D eigenvalue weighted by Crippen LogP contribution is -2.07. The van der Waals surface area contributed by atoms with E-state index in [0.717, 1.165) is 30.6 Å². The maximum Gasteiger partial charge on any atom is 0.331 e. The molecule has 0 spiro atoms. The van der Waals surface area contributed by atoms with Crippen molar-refractivity contribution >= 4 is 11.9 Å². The van der Waals surface area contributed by atoms with Crippen molar-refractivity contribution in [1.29, 1.82) is 0 Å². The van der Waals surface area contributed by atoms with Crippen LogP contribution in [0.5, 0.6) is 0 Å². The van der Waals surface area contributed by atoms with Crippen LogP contribution in [0.25, 0.3) is 0 Å². The van der Waals surface area contributed by atoms with Crippen molar-refractivity contribution in [2.24, 2.45) is 0 Å². The predicted molar refractivity (Wildman–Crippen MR) is 94.6 cm³/mol. The van der Waals surface area contributed by atoms with E-state index in [1.807, 2.05) is 30.3 Å². The first-order valence-electron chi connectivity index (χ1n) is 8.78. The van der Waals surface area contributed by atoms with E-state index in [4.69, 9.17) is 9.47 Å². The highest BCUT2D eigenvalue weighted by Crippen LogP contribution is 2.05. The minimum atomic E-state index is -0.526. The minimum Gasteiger partial charge on any atom is -0.463 e. The van der Waals surface area contributed by atoms with E-state index in [0.29, 0.717) is 19.6 Å². The van der Waals surface area contributed by atoms with Gasteiger partial charge in [-0.15, -0.1) is 0 Å². The number of hydrogen-bond acceptors (Lipinski definition) is 4. The molecule has 0 saturated heterocycles. The van der Waals surface area contributed by atoms with Gasteiger partial charge in [0.25, 0.3) is 0 Å². The number of benzene rings is 1. The second kappa shape index (κ2) is 13.3. The Morgan fingerprint density at radius 3 is 2.08 bits per heavy atom. The van der Waals surface area contributed by atoms with Crippen molar-refractivity contribution in [2.75, 3.05) is 13.2 Å². The van der Waals surface area contributed by atoms with Gasteiger partial charge in [0.05, 0.1) is 13.2 Å². The van der Waals surface area contributed by atoms with E-state index in [9.17, 15) is 9.59 Å². The van der Waals surface area contributed by atoms with Crippen LogP contribution in [-0.2, 0) is 25.5 Å². The first-order chi connectivity index (χ1) is 11.7. The molecule has 0 amide bonds. The Hall–Kier alpha value is -2.10. The van der Waals surface area contributed by atoms with Gasteiger partial charge in [0.1, 0.15) is 0 Å². The molecule has 0 radical (unpaired) electrons. The molecule has 1 aromatic carbocycles. The molecule has 0 aliphatic carbocycles. The molecule has 0 N–H and O–H groups in total. The van der Waals surface area contributed by atoms with Crippen LogP contribution in [0.1, 0.15) is 51.0 Å². The van der Waals surface area contributed by atoms with Crippen LogP contribution in [0.15, 0.2) is 42.5 Å². The van der Waals surface area contributed by atoms with Crippen LogP contribution in [0.2, 0.25) is 0 Å². The topological polar surface area (TPSA) is 52.6 Å². The zero-order valence-corrected chi connectivity index (χ0v) is 14.5. The summed E-state index contributed by atoms with van der Waals surface area (Å²) >= 11 is 0. The Morgan fingerprint density at radius 1 is 0.833 bits per heavy atom. The van der Waals surface area contributed by atoms with Gasteiger partial charge in [-0.3, -0.25) is 0 Å². The molecular formula is C20H28O4. The van der Waals surface area contributed by atoms with Crippen LogP contribution in [-0.4, -0.2) is 25.2 Å². The van der Waals surface area contributed by atoms with Crippen molar-refractivity contribution in [3.05, 3.63) is 48.0 Å². The fraction of sp³-hybridized carbons (Fsp3) is 0.500. The van der Waals surface area contributed by atoms with Gasteiger partial charge in [-0.25, -0.2) is 9.59 Å². The van der Waals surface area contributed by atoms with E-state index < -0.39 is 11.9 Å². The van der Waals surface area contributed by atoms with Gasteiger partial charge in [0.2, 0.25) is 0 Å². The maximum atomic E-state index is 11.5. The third-order valence-corrected chi connectivity index (χ3v) is 3.58. The van der Waals surface area contributed by atoms with E-state index in [2.05, 4.69) is 6.92 Å². The molecule has 4 heteroatoms. The Bertz CT molecular complexity index is 494. The summed E-state index contributed by atoms with van der Waals surface area (Å²) in [5.41, 5.74) is 1.10. The number of hydrogen-bond donors (Lipinski definition) is 0. The quantitative estimate of drug-likeness (QED) is 0.326. The second-order valence-electron chi connectivity index (χ2n) is 5.67. The fourth-order valence-corrected chi connectivity index (χ4v) is 2.20. The van der Waals surface area contributed by atoms with Gasteiger partial charge < -0.3 is 9.47 Å². The molecule has 4 nitrogen and oxygen atoms in total. The molecular weight excluding hydrogens is 304 g/mol. The first kappa shape index (κ1) is 19.9. The van der Waals surface area contributed by atoms with Crippen molar-refractivity contribution in [1.82, 2.24) is 0 Å². The monoisotopic (exact) mass is 332 g/mol. The summed E-state index contributed by atoms with van der Waals surface area (Å²) in [4.78, 5) is 23.0. The molecule has 0 atom stereocenters. The molecule has 1 rings (SSSR count). The Balaban J connectivity index is 2.05. The highest BCUT2D eigenvalue weighted by Gasteiger charge is 2.01. The van der Waals surface area contributed by atoms with Gasteiger partial charge in [-0.1, -0.05) is 69.4 Å². The minimum absolute atomic E-state index is 0.292. The summed E-state index contributed by atoms with van der Waals surface area (Å²) in [6, 6.07) is 9.77. The number of carbonyl (C=O) groups excluding carboxylic acids is 2. The van der Waals surface area contributed by atoms with Gasteiger partial charge >= 0.3 is 11.9 Å². The molecule has 0 heterocycles. The number of esters is 2. The van der Waals surface area contributed by atoms with Crippen molar-refractivity contribution < 1.29 is 19.1 Å². The molecule has 0 aliphatic heterocycles. The Labute approximate surface area is 144 Å². The van der Waals surface area contributed by atoms with Crippen molar-refractivity contribution in [3.63, 3.8) is 0 Å². The third kappa shape index (κ3) is 10.6. The summed E-state index contributed by atoms with van der Waals surface area (Å²) in [7, 11) is 0.